The summed E-state index contributed by atoms with van der Waals surface area (Å²) in [5, 5.41) is 3.62. The molecule has 5 heteroatoms. The first-order chi connectivity index (χ1) is 9.99. The Morgan fingerprint density at radius 3 is 2.52 bits per heavy atom. The Labute approximate surface area is 130 Å². The smallest absolute Gasteiger partial charge is 0.211 e. The van der Waals surface area contributed by atoms with Crippen LogP contribution in [0.3, 0.4) is 0 Å². The van der Waals surface area contributed by atoms with Crippen molar-refractivity contribution in [1.29, 1.82) is 0 Å². The Morgan fingerprint density at radius 2 is 1.81 bits per heavy atom. The van der Waals surface area contributed by atoms with Crippen LogP contribution in [-0.2, 0) is 10.0 Å². The predicted octanol–water partition coefficient (Wildman–Crippen LogP) is 2.61. The van der Waals surface area contributed by atoms with Gasteiger partial charge in [0.25, 0.3) is 0 Å². The number of nitrogens with one attached hydrogen (secondary N) is 1. The van der Waals surface area contributed by atoms with E-state index in [0.717, 1.165) is 32.0 Å². The molecule has 3 atom stereocenters. The van der Waals surface area contributed by atoms with Gasteiger partial charge in [0.15, 0.2) is 0 Å². The quantitative estimate of drug-likeness (QED) is 0.793. The summed E-state index contributed by atoms with van der Waals surface area (Å²) >= 11 is 0. The van der Waals surface area contributed by atoms with E-state index in [1.165, 1.54) is 51.2 Å². The maximum absolute atomic E-state index is 11.7. The number of hydrogen-bond donors (Lipinski definition) is 1. The van der Waals surface area contributed by atoms with Crippen LogP contribution in [0.1, 0.15) is 58.3 Å². The summed E-state index contributed by atoms with van der Waals surface area (Å²) < 4.78 is 25.2. The molecule has 2 aliphatic rings. The van der Waals surface area contributed by atoms with E-state index in [0.29, 0.717) is 12.0 Å². The summed E-state index contributed by atoms with van der Waals surface area (Å²) in [6.45, 7) is 4.72. The maximum atomic E-state index is 11.7. The number of hydrogen-bond acceptors (Lipinski definition) is 3. The van der Waals surface area contributed by atoms with E-state index in [2.05, 4.69) is 12.2 Å². The van der Waals surface area contributed by atoms with Crippen LogP contribution in [0.4, 0.5) is 0 Å². The predicted molar refractivity (Wildman–Crippen MR) is 87.8 cm³/mol. The van der Waals surface area contributed by atoms with Gasteiger partial charge in [0.05, 0.1) is 6.26 Å². The Morgan fingerprint density at radius 1 is 1.10 bits per heavy atom. The minimum absolute atomic E-state index is 0.568. The monoisotopic (exact) mass is 316 g/mol. The van der Waals surface area contributed by atoms with Gasteiger partial charge >= 0.3 is 0 Å². The molecule has 0 radical (unpaired) electrons. The molecule has 2 rings (SSSR count). The zero-order chi connectivity index (χ0) is 15.3. The van der Waals surface area contributed by atoms with E-state index >= 15 is 0 Å². The van der Waals surface area contributed by atoms with Crippen LogP contribution in [0, 0.1) is 11.8 Å². The number of nitrogens with zero attached hydrogens (tertiary/aromatic N) is 1. The van der Waals surface area contributed by atoms with Gasteiger partial charge in [-0.15, -0.1) is 0 Å². The minimum Gasteiger partial charge on any atom is -0.314 e. The molecule has 2 fully saturated rings. The Bertz CT molecular complexity index is 411. The van der Waals surface area contributed by atoms with Crippen LogP contribution in [0.25, 0.3) is 0 Å². The molecule has 0 aromatic rings. The molecular weight excluding hydrogens is 284 g/mol. The van der Waals surface area contributed by atoms with Crippen molar-refractivity contribution in [1.82, 2.24) is 9.62 Å². The van der Waals surface area contributed by atoms with E-state index in [-0.39, 0.29) is 0 Å². The first-order valence-electron chi connectivity index (χ1n) is 8.67. The molecular formula is C16H32N2O2S. The summed E-state index contributed by atoms with van der Waals surface area (Å²) in [6, 6.07) is 0.678. The molecule has 0 amide bonds. The number of piperidine rings is 1. The zero-order valence-electron chi connectivity index (χ0n) is 13.7. The molecule has 0 bridgehead atoms. The standard InChI is InChI=1S/C16H32N2O2S/c1-3-17-16-9-5-4-7-14(12-16)11-15-8-6-10-18(13-15)21(2,19)20/h14-17H,3-13H2,1-2H3. The van der Waals surface area contributed by atoms with E-state index in [4.69, 9.17) is 0 Å². The Balaban J connectivity index is 1.87. The van der Waals surface area contributed by atoms with Crippen LogP contribution in [-0.4, -0.2) is 44.7 Å². The van der Waals surface area contributed by atoms with Gasteiger partial charge in [0.2, 0.25) is 10.0 Å². The highest BCUT2D eigenvalue weighted by Gasteiger charge is 2.29. The molecule has 0 aromatic carbocycles. The molecule has 4 nitrogen and oxygen atoms in total. The van der Waals surface area contributed by atoms with Crippen LogP contribution < -0.4 is 5.32 Å². The van der Waals surface area contributed by atoms with Crippen LogP contribution >= 0.6 is 0 Å². The fraction of sp³-hybridized carbons (Fsp3) is 1.00. The van der Waals surface area contributed by atoms with Gasteiger partial charge in [0.1, 0.15) is 0 Å². The second-order valence-electron chi connectivity index (χ2n) is 7.01. The summed E-state index contributed by atoms with van der Waals surface area (Å²) in [6.07, 6.45) is 11.4. The molecule has 3 unspecified atom stereocenters. The molecule has 1 saturated carbocycles. The summed E-state index contributed by atoms with van der Waals surface area (Å²) in [4.78, 5) is 0. The van der Waals surface area contributed by atoms with Crippen LogP contribution in [0.15, 0.2) is 0 Å². The van der Waals surface area contributed by atoms with Crippen molar-refractivity contribution in [2.45, 2.75) is 64.3 Å². The molecule has 0 spiro atoms. The van der Waals surface area contributed by atoms with Crippen LogP contribution in [0.5, 0.6) is 0 Å². The first kappa shape index (κ1) is 17.2. The van der Waals surface area contributed by atoms with Crippen molar-refractivity contribution in [3.8, 4) is 0 Å². The molecule has 1 aliphatic heterocycles. The van der Waals surface area contributed by atoms with E-state index in [1.807, 2.05) is 0 Å². The second-order valence-corrected chi connectivity index (χ2v) is 8.99. The molecule has 1 saturated heterocycles. The van der Waals surface area contributed by atoms with Crippen LogP contribution in [0.2, 0.25) is 0 Å². The molecule has 124 valence electrons. The third kappa shape index (κ3) is 5.53. The van der Waals surface area contributed by atoms with Crippen molar-refractivity contribution < 1.29 is 8.42 Å². The Kier molecular flexibility index (Phi) is 6.51. The lowest BCUT2D eigenvalue weighted by molar-refractivity contribution is 0.217. The number of rotatable bonds is 5. The van der Waals surface area contributed by atoms with Crippen molar-refractivity contribution >= 4 is 10.0 Å². The summed E-state index contributed by atoms with van der Waals surface area (Å²) in [7, 11) is -3.01. The lowest BCUT2D eigenvalue weighted by atomic mass is 9.84. The average molecular weight is 317 g/mol. The highest BCUT2D eigenvalue weighted by molar-refractivity contribution is 7.88. The number of sulfonamides is 1. The highest BCUT2D eigenvalue weighted by atomic mass is 32.2. The van der Waals surface area contributed by atoms with Crippen molar-refractivity contribution in [3.05, 3.63) is 0 Å². The minimum atomic E-state index is -3.01. The van der Waals surface area contributed by atoms with E-state index in [9.17, 15) is 8.42 Å². The molecule has 1 aliphatic carbocycles. The Hall–Kier alpha value is -0.130. The first-order valence-corrected chi connectivity index (χ1v) is 10.5. The SMILES string of the molecule is CCNC1CCCCC(CC2CCCN(S(C)(=O)=O)C2)C1. The van der Waals surface area contributed by atoms with Gasteiger partial charge in [-0.1, -0.05) is 26.2 Å². The van der Waals surface area contributed by atoms with Gasteiger partial charge < -0.3 is 5.32 Å². The zero-order valence-corrected chi connectivity index (χ0v) is 14.5. The van der Waals surface area contributed by atoms with Crippen molar-refractivity contribution in [2.75, 3.05) is 25.9 Å². The third-order valence-electron chi connectivity index (χ3n) is 5.14. The van der Waals surface area contributed by atoms with Crippen molar-refractivity contribution in [2.24, 2.45) is 11.8 Å². The van der Waals surface area contributed by atoms with Gasteiger partial charge in [-0.2, -0.15) is 0 Å². The maximum Gasteiger partial charge on any atom is 0.211 e. The third-order valence-corrected chi connectivity index (χ3v) is 6.41. The topological polar surface area (TPSA) is 49.4 Å². The van der Waals surface area contributed by atoms with Gasteiger partial charge in [0, 0.05) is 19.1 Å². The summed E-state index contributed by atoms with van der Waals surface area (Å²) in [5.41, 5.74) is 0. The lowest BCUT2D eigenvalue weighted by Crippen LogP contribution is -2.40. The highest BCUT2D eigenvalue weighted by Crippen LogP contribution is 2.32. The van der Waals surface area contributed by atoms with Gasteiger partial charge in [-0.05, 0) is 50.5 Å². The molecule has 1 heterocycles. The van der Waals surface area contributed by atoms with E-state index in [1.54, 1.807) is 4.31 Å². The fourth-order valence-electron chi connectivity index (χ4n) is 4.14. The second kappa shape index (κ2) is 7.93. The lowest BCUT2D eigenvalue weighted by Gasteiger charge is -2.33. The van der Waals surface area contributed by atoms with Crippen molar-refractivity contribution in [3.63, 3.8) is 0 Å². The normalized spacial score (nSPS) is 32.8. The largest absolute Gasteiger partial charge is 0.314 e. The molecule has 21 heavy (non-hydrogen) atoms. The van der Waals surface area contributed by atoms with E-state index < -0.39 is 10.0 Å². The molecule has 1 N–H and O–H groups in total. The van der Waals surface area contributed by atoms with Gasteiger partial charge in [-0.3, -0.25) is 0 Å². The molecule has 0 aromatic heterocycles. The van der Waals surface area contributed by atoms with Gasteiger partial charge in [-0.25, -0.2) is 12.7 Å². The average Bonchev–Trinajstić information content (AvgIpc) is 2.64. The fourth-order valence-corrected chi connectivity index (χ4v) is 5.08. The summed E-state index contributed by atoms with van der Waals surface area (Å²) in [5.74, 6) is 1.35.